The molecular formula is C20H22N4O2. The van der Waals surface area contributed by atoms with E-state index >= 15 is 0 Å². The van der Waals surface area contributed by atoms with Crippen LogP contribution >= 0.6 is 0 Å². The molecule has 0 bridgehead atoms. The Hall–Kier alpha value is -2.73. The number of aliphatic hydroxyl groups is 1. The van der Waals surface area contributed by atoms with Gasteiger partial charge in [-0.2, -0.15) is 15.0 Å². The fourth-order valence-electron chi connectivity index (χ4n) is 3.52. The highest BCUT2D eigenvalue weighted by molar-refractivity contribution is 5.77. The standard InChI is InChI=1S/C20H22N4O2/c25-16-11-15(12-16)19(10-14-6-2-1-3-7-14)21-20(26)13-24-22-17-8-4-5-9-18(17)23-24/h1-9,15-16,19,25H,10-13H2,(H,21,26)/t15?,16?,19-/m1/s1. The first kappa shape index (κ1) is 16.7. The molecule has 6 nitrogen and oxygen atoms in total. The molecule has 26 heavy (non-hydrogen) atoms. The molecule has 0 unspecified atom stereocenters. The van der Waals surface area contributed by atoms with E-state index in [4.69, 9.17) is 0 Å². The number of carbonyl (C=O) groups is 1. The number of carbonyl (C=O) groups excluding carboxylic acids is 1. The summed E-state index contributed by atoms with van der Waals surface area (Å²) in [5.41, 5.74) is 2.74. The second kappa shape index (κ2) is 7.25. The zero-order chi connectivity index (χ0) is 17.9. The first-order valence-electron chi connectivity index (χ1n) is 8.98. The summed E-state index contributed by atoms with van der Waals surface area (Å²) in [6, 6.07) is 17.7. The summed E-state index contributed by atoms with van der Waals surface area (Å²) in [6.07, 6.45) is 2.00. The summed E-state index contributed by atoms with van der Waals surface area (Å²) in [7, 11) is 0. The van der Waals surface area contributed by atoms with Crippen molar-refractivity contribution in [3.8, 4) is 0 Å². The predicted octanol–water partition coefficient (Wildman–Crippen LogP) is 1.93. The van der Waals surface area contributed by atoms with Crippen LogP contribution < -0.4 is 5.32 Å². The lowest BCUT2D eigenvalue weighted by Gasteiger charge is -2.38. The maximum atomic E-state index is 12.5. The van der Waals surface area contributed by atoms with Crippen LogP contribution in [0.3, 0.4) is 0 Å². The molecule has 4 rings (SSSR count). The largest absolute Gasteiger partial charge is 0.393 e. The van der Waals surface area contributed by atoms with Crippen molar-refractivity contribution in [3.05, 3.63) is 60.2 Å². The minimum atomic E-state index is -0.242. The topological polar surface area (TPSA) is 80.0 Å². The molecule has 1 aliphatic rings. The molecule has 6 heteroatoms. The summed E-state index contributed by atoms with van der Waals surface area (Å²) in [6.45, 7) is 0.0925. The van der Waals surface area contributed by atoms with E-state index in [-0.39, 0.29) is 24.6 Å². The molecule has 1 amide bonds. The Kier molecular flexibility index (Phi) is 4.67. The summed E-state index contributed by atoms with van der Waals surface area (Å²) in [4.78, 5) is 14.0. The Morgan fingerprint density at radius 3 is 2.31 bits per heavy atom. The molecular weight excluding hydrogens is 328 g/mol. The van der Waals surface area contributed by atoms with Crippen LogP contribution in [0.1, 0.15) is 18.4 Å². The fraction of sp³-hybridized carbons (Fsp3) is 0.350. The van der Waals surface area contributed by atoms with Gasteiger partial charge in [0.05, 0.1) is 6.10 Å². The van der Waals surface area contributed by atoms with Gasteiger partial charge in [-0.3, -0.25) is 4.79 Å². The average molecular weight is 350 g/mol. The number of nitrogens with one attached hydrogen (secondary N) is 1. The van der Waals surface area contributed by atoms with Gasteiger partial charge in [0.15, 0.2) is 0 Å². The van der Waals surface area contributed by atoms with Gasteiger partial charge < -0.3 is 10.4 Å². The second-order valence-corrected chi connectivity index (χ2v) is 6.97. The molecule has 134 valence electrons. The number of aromatic nitrogens is 3. The molecule has 0 spiro atoms. The number of benzene rings is 2. The van der Waals surface area contributed by atoms with Gasteiger partial charge in [-0.15, -0.1) is 0 Å². The number of aliphatic hydroxyl groups excluding tert-OH is 1. The maximum Gasteiger partial charge on any atom is 0.243 e. The van der Waals surface area contributed by atoms with Crippen LogP contribution in [-0.4, -0.2) is 38.2 Å². The van der Waals surface area contributed by atoms with E-state index in [0.29, 0.717) is 5.92 Å². The Bertz CT molecular complexity index is 854. The molecule has 2 aromatic carbocycles. The lowest BCUT2D eigenvalue weighted by atomic mass is 9.75. The van der Waals surface area contributed by atoms with E-state index in [1.807, 2.05) is 42.5 Å². The lowest BCUT2D eigenvalue weighted by Crippen LogP contribution is -2.49. The molecule has 3 aromatic rings. The third-order valence-corrected chi connectivity index (χ3v) is 4.98. The van der Waals surface area contributed by atoms with Crippen LogP contribution in [0.5, 0.6) is 0 Å². The van der Waals surface area contributed by atoms with Crippen molar-refractivity contribution in [1.82, 2.24) is 20.3 Å². The molecule has 1 aliphatic carbocycles. The number of nitrogens with zero attached hydrogens (tertiary/aromatic N) is 3. The van der Waals surface area contributed by atoms with E-state index in [1.165, 1.54) is 10.4 Å². The third-order valence-electron chi connectivity index (χ3n) is 4.98. The first-order valence-corrected chi connectivity index (χ1v) is 8.98. The molecule has 0 aliphatic heterocycles. The first-order chi connectivity index (χ1) is 12.7. The molecule has 1 atom stereocenters. The van der Waals surface area contributed by atoms with Crippen molar-refractivity contribution < 1.29 is 9.90 Å². The fourth-order valence-corrected chi connectivity index (χ4v) is 3.52. The van der Waals surface area contributed by atoms with Crippen molar-refractivity contribution >= 4 is 16.9 Å². The normalized spacial score (nSPS) is 20.5. The zero-order valence-electron chi connectivity index (χ0n) is 14.5. The second-order valence-electron chi connectivity index (χ2n) is 6.97. The molecule has 2 N–H and O–H groups in total. The maximum absolute atomic E-state index is 12.5. The minimum Gasteiger partial charge on any atom is -0.393 e. The van der Waals surface area contributed by atoms with E-state index in [0.717, 1.165) is 30.3 Å². The molecule has 0 radical (unpaired) electrons. The Morgan fingerprint density at radius 1 is 1.08 bits per heavy atom. The Morgan fingerprint density at radius 2 is 1.69 bits per heavy atom. The van der Waals surface area contributed by atoms with Crippen molar-refractivity contribution in [1.29, 1.82) is 0 Å². The molecule has 0 saturated heterocycles. The van der Waals surface area contributed by atoms with Crippen molar-refractivity contribution in [3.63, 3.8) is 0 Å². The van der Waals surface area contributed by atoms with Crippen LogP contribution in [0.4, 0.5) is 0 Å². The highest BCUT2D eigenvalue weighted by Gasteiger charge is 2.34. The van der Waals surface area contributed by atoms with Crippen molar-refractivity contribution in [2.24, 2.45) is 5.92 Å². The molecule has 1 saturated carbocycles. The van der Waals surface area contributed by atoms with Crippen LogP contribution in [-0.2, 0) is 17.8 Å². The van der Waals surface area contributed by atoms with Crippen LogP contribution in [0.15, 0.2) is 54.6 Å². The number of fused-ring (bicyclic) bond motifs is 1. The van der Waals surface area contributed by atoms with Gasteiger partial charge >= 0.3 is 0 Å². The highest BCUT2D eigenvalue weighted by Crippen LogP contribution is 2.31. The quantitative estimate of drug-likeness (QED) is 0.712. The minimum absolute atomic E-state index is 0.0123. The third kappa shape index (κ3) is 3.75. The average Bonchev–Trinajstić information content (AvgIpc) is 3.01. The van der Waals surface area contributed by atoms with Crippen LogP contribution in [0.2, 0.25) is 0 Å². The number of rotatable bonds is 6. The molecule has 1 heterocycles. The van der Waals surface area contributed by atoms with E-state index in [1.54, 1.807) is 0 Å². The monoisotopic (exact) mass is 350 g/mol. The van der Waals surface area contributed by atoms with Crippen molar-refractivity contribution in [2.45, 2.75) is 38.0 Å². The van der Waals surface area contributed by atoms with E-state index in [2.05, 4.69) is 27.6 Å². The molecule has 1 aromatic heterocycles. The predicted molar refractivity (Wildman–Crippen MR) is 98.3 cm³/mol. The van der Waals surface area contributed by atoms with Gasteiger partial charge in [0, 0.05) is 6.04 Å². The lowest BCUT2D eigenvalue weighted by molar-refractivity contribution is -0.123. The van der Waals surface area contributed by atoms with Crippen LogP contribution in [0, 0.1) is 5.92 Å². The Balaban J connectivity index is 1.43. The van der Waals surface area contributed by atoms with Crippen molar-refractivity contribution in [2.75, 3.05) is 0 Å². The Labute approximate surface area is 151 Å². The van der Waals surface area contributed by atoms with Crippen LogP contribution in [0.25, 0.3) is 11.0 Å². The smallest absolute Gasteiger partial charge is 0.243 e. The van der Waals surface area contributed by atoms with Gasteiger partial charge in [0.2, 0.25) is 5.91 Å². The van der Waals surface area contributed by atoms with Gasteiger partial charge in [-0.05, 0) is 42.9 Å². The van der Waals surface area contributed by atoms with Gasteiger partial charge in [-0.1, -0.05) is 42.5 Å². The summed E-state index contributed by atoms with van der Waals surface area (Å²) in [5.74, 6) is 0.200. The number of hydrogen-bond donors (Lipinski definition) is 2. The van der Waals surface area contributed by atoms with E-state index in [9.17, 15) is 9.90 Å². The SMILES string of the molecule is O=C(Cn1nc2ccccc2n1)N[C@H](Cc1ccccc1)C1CC(O)C1. The number of hydrogen-bond acceptors (Lipinski definition) is 4. The number of amides is 1. The summed E-state index contributed by atoms with van der Waals surface area (Å²) in [5, 5.41) is 21.5. The van der Waals surface area contributed by atoms with Gasteiger partial charge in [0.25, 0.3) is 0 Å². The summed E-state index contributed by atoms with van der Waals surface area (Å²) < 4.78 is 0. The summed E-state index contributed by atoms with van der Waals surface area (Å²) >= 11 is 0. The van der Waals surface area contributed by atoms with Gasteiger partial charge in [0.1, 0.15) is 17.6 Å². The molecule has 1 fully saturated rings. The zero-order valence-corrected chi connectivity index (χ0v) is 14.5. The van der Waals surface area contributed by atoms with Gasteiger partial charge in [-0.25, -0.2) is 0 Å². The highest BCUT2D eigenvalue weighted by atomic mass is 16.3. The van der Waals surface area contributed by atoms with E-state index < -0.39 is 0 Å².